The highest BCUT2D eigenvalue weighted by atomic mass is 32.1. The Bertz CT molecular complexity index is 1630. The molecule has 0 spiro atoms. The molecule has 0 aliphatic rings. The summed E-state index contributed by atoms with van der Waals surface area (Å²) >= 11 is 1.14. The molecular formula is C28H37N3O5SSi. The average Bonchev–Trinajstić information content (AvgIpc) is 3.38. The van der Waals surface area contributed by atoms with Crippen molar-refractivity contribution >= 4 is 46.7 Å². The van der Waals surface area contributed by atoms with Gasteiger partial charge >= 0.3 is 11.7 Å². The summed E-state index contributed by atoms with van der Waals surface area (Å²) in [6, 6.07) is 8.11. The largest absolute Gasteiger partial charge is 0.462 e. The van der Waals surface area contributed by atoms with E-state index in [4.69, 9.17) is 9.16 Å². The lowest BCUT2D eigenvalue weighted by molar-refractivity contribution is 0.0531. The first-order valence-corrected chi connectivity index (χ1v) is 16.6. The molecular weight excluding hydrogens is 518 g/mol. The number of benzene rings is 1. The van der Waals surface area contributed by atoms with Crippen molar-refractivity contribution in [1.82, 2.24) is 13.7 Å². The molecule has 0 aliphatic carbocycles. The summed E-state index contributed by atoms with van der Waals surface area (Å²) in [7, 11) is -0.0837. The van der Waals surface area contributed by atoms with Gasteiger partial charge in [-0.25, -0.2) is 9.59 Å². The summed E-state index contributed by atoms with van der Waals surface area (Å²) in [5.41, 5.74) is 1.71. The number of carbonyl (C=O) groups is 1. The molecule has 0 N–H and O–H groups in total. The van der Waals surface area contributed by atoms with Gasteiger partial charge in [0.25, 0.3) is 5.56 Å². The van der Waals surface area contributed by atoms with Gasteiger partial charge in [0.1, 0.15) is 9.71 Å². The fraction of sp³-hybridized carbons (Fsp3) is 0.464. The van der Waals surface area contributed by atoms with Crippen molar-refractivity contribution < 1.29 is 14.0 Å². The number of aryl methyl sites for hydroxylation is 2. The van der Waals surface area contributed by atoms with E-state index < -0.39 is 25.5 Å². The van der Waals surface area contributed by atoms with Gasteiger partial charge in [0.15, 0.2) is 8.32 Å². The van der Waals surface area contributed by atoms with Crippen LogP contribution in [0.3, 0.4) is 0 Å². The predicted molar refractivity (Wildman–Crippen MR) is 156 cm³/mol. The first-order valence-electron chi connectivity index (χ1n) is 12.9. The monoisotopic (exact) mass is 555 g/mol. The summed E-state index contributed by atoms with van der Waals surface area (Å²) in [4.78, 5) is 41.0. The van der Waals surface area contributed by atoms with E-state index in [1.807, 2.05) is 36.0 Å². The van der Waals surface area contributed by atoms with E-state index in [2.05, 4.69) is 39.9 Å². The van der Waals surface area contributed by atoms with Gasteiger partial charge in [0, 0.05) is 18.8 Å². The number of thiophene rings is 1. The predicted octanol–water partition coefficient (Wildman–Crippen LogP) is 5.27. The van der Waals surface area contributed by atoms with Gasteiger partial charge in [-0.05, 0) is 60.6 Å². The third-order valence-corrected chi connectivity index (χ3v) is 13.5. The van der Waals surface area contributed by atoms with Crippen molar-refractivity contribution in [3.8, 4) is 0 Å². The minimum Gasteiger partial charge on any atom is -0.462 e. The zero-order valence-electron chi connectivity index (χ0n) is 23.5. The molecule has 0 saturated heterocycles. The van der Waals surface area contributed by atoms with Crippen molar-refractivity contribution in [2.75, 3.05) is 13.2 Å². The van der Waals surface area contributed by atoms with E-state index in [0.717, 1.165) is 27.8 Å². The van der Waals surface area contributed by atoms with Gasteiger partial charge in [-0.2, -0.15) is 0 Å². The zero-order chi connectivity index (χ0) is 28.0. The summed E-state index contributed by atoms with van der Waals surface area (Å²) in [5.74, 6) is -0.484. The third kappa shape index (κ3) is 5.04. The first-order chi connectivity index (χ1) is 17.8. The van der Waals surface area contributed by atoms with Crippen LogP contribution in [0.5, 0.6) is 0 Å². The maximum absolute atomic E-state index is 13.8. The van der Waals surface area contributed by atoms with Crippen LogP contribution in [-0.4, -0.2) is 41.2 Å². The van der Waals surface area contributed by atoms with Crippen molar-refractivity contribution in [2.24, 2.45) is 7.05 Å². The van der Waals surface area contributed by atoms with Gasteiger partial charge < -0.3 is 13.7 Å². The molecule has 0 unspecified atom stereocenters. The van der Waals surface area contributed by atoms with E-state index in [-0.39, 0.29) is 31.3 Å². The van der Waals surface area contributed by atoms with Crippen LogP contribution in [0.1, 0.15) is 48.5 Å². The molecule has 0 atom stereocenters. The number of hydrogen-bond donors (Lipinski definition) is 0. The fourth-order valence-corrected chi connectivity index (χ4v) is 6.54. The molecule has 4 aromatic rings. The fourth-order valence-electron chi connectivity index (χ4n) is 4.32. The number of carbonyl (C=O) groups excluding carboxylic acids is 1. The van der Waals surface area contributed by atoms with E-state index in [1.54, 1.807) is 18.4 Å². The number of rotatable bonds is 8. The highest BCUT2D eigenvalue weighted by molar-refractivity contribution is 7.20. The second-order valence-electron chi connectivity index (χ2n) is 11.2. The molecule has 204 valence electrons. The van der Waals surface area contributed by atoms with Crippen LogP contribution < -0.4 is 11.2 Å². The summed E-state index contributed by atoms with van der Waals surface area (Å²) in [5, 5.41) is 1.50. The molecule has 3 aromatic heterocycles. The van der Waals surface area contributed by atoms with Crippen LogP contribution in [0.15, 0.2) is 40.1 Å². The van der Waals surface area contributed by atoms with E-state index in [1.165, 1.54) is 4.57 Å². The lowest BCUT2D eigenvalue weighted by Gasteiger charge is -2.36. The molecule has 0 bridgehead atoms. The van der Waals surface area contributed by atoms with Crippen molar-refractivity contribution in [1.29, 1.82) is 0 Å². The Hall–Kier alpha value is -2.95. The minimum absolute atomic E-state index is 0.0101. The third-order valence-electron chi connectivity index (χ3n) is 7.63. The van der Waals surface area contributed by atoms with Gasteiger partial charge in [-0.3, -0.25) is 13.9 Å². The van der Waals surface area contributed by atoms with Crippen LogP contribution in [-0.2, 0) is 29.3 Å². The molecule has 3 heterocycles. The molecule has 0 fully saturated rings. The van der Waals surface area contributed by atoms with E-state index in [9.17, 15) is 14.4 Å². The lowest BCUT2D eigenvalue weighted by Crippen LogP contribution is -2.44. The Labute approximate surface area is 227 Å². The minimum atomic E-state index is -2.06. The molecule has 1 aromatic carbocycles. The van der Waals surface area contributed by atoms with Crippen LogP contribution in [0.2, 0.25) is 18.1 Å². The Morgan fingerprint density at radius 2 is 1.82 bits per heavy atom. The summed E-state index contributed by atoms with van der Waals surface area (Å²) in [6.45, 7) is 15.1. The zero-order valence-corrected chi connectivity index (χ0v) is 25.3. The molecule has 0 aliphatic heterocycles. The number of nitrogens with zero attached hydrogens (tertiary/aromatic N) is 3. The van der Waals surface area contributed by atoms with Crippen LogP contribution >= 0.6 is 11.3 Å². The average molecular weight is 556 g/mol. The number of fused-ring (bicyclic) bond motifs is 2. The second kappa shape index (κ2) is 10.3. The van der Waals surface area contributed by atoms with Crippen molar-refractivity contribution in [3.05, 3.63) is 67.3 Å². The maximum atomic E-state index is 13.8. The van der Waals surface area contributed by atoms with Gasteiger partial charge in [0.2, 0.25) is 0 Å². The molecule has 4 rings (SSSR count). The van der Waals surface area contributed by atoms with Crippen LogP contribution in [0, 0.1) is 6.92 Å². The normalized spacial score (nSPS) is 12.5. The maximum Gasteiger partial charge on any atom is 0.348 e. The topological polar surface area (TPSA) is 84.5 Å². The van der Waals surface area contributed by atoms with Gasteiger partial charge in [-0.1, -0.05) is 32.9 Å². The van der Waals surface area contributed by atoms with Crippen molar-refractivity contribution in [2.45, 2.75) is 65.8 Å². The van der Waals surface area contributed by atoms with Crippen LogP contribution in [0.25, 0.3) is 21.1 Å². The highest BCUT2D eigenvalue weighted by Gasteiger charge is 2.37. The molecule has 0 saturated carbocycles. The van der Waals surface area contributed by atoms with Crippen molar-refractivity contribution in [3.63, 3.8) is 0 Å². The number of aromatic nitrogens is 3. The van der Waals surface area contributed by atoms with E-state index >= 15 is 0 Å². The van der Waals surface area contributed by atoms with Gasteiger partial charge in [-0.15, -0.1) is 11.3 Å². The smallest absolute Gasteiger partial charge is 0.348 e. The highest BCUT2D eigenvalue weighted by Crippen LogP contribution is 2.36. The number of ether oxygens (including phenoxy) is 1. The summed E-state index contributed by atoms with van der Waals surface area (Å²) in [6.07, 6.45) is 2.00. The second-order valence-corrected chi connectivity index (χ2v) is 17.0. The molecule has 0 amide bonds. The van der Waals surface area contributed by atoms with Crippen LogP contribution in [0.4, 0.5) is 0 Å². The number of hydrogen-bond acceptors (Lipinski definition) is 6. The Kier molecular flexibility index (Phi) is 7.62. The summed E-state index contributed by atoms with van der Waals surface area (Å²) < 4.78 is 16.4. The molecule has 10 heteroatoms. The lowest BCUT2D eigenvalue weighted by atomic mass is 10.1. The SMILES string of the molecule is CCOC(=O)c1sc2c(c1C)c(=O)n(CCO[Si](C)(C)C(C)(C)C)c(=O)n2Cc1ccc2ccn(C)c2c1. The Balaban J connectivity index is 1.84. The number of esters is 1. The molecule has 8 nitrogen and oxygen atoms in total. The van der Waals surface area contributed by atoms with Gasteiger partial charge in [0.05, 0.1) is 31.7 Å². The quantitative estimate of drug-likeness (QED) is 0.218. The standard InChI is InChI=1S/C28H37N3O5SSi/c1-9-35-26(33)23-18(2)22-24(32)30(14-15-36-38(7,8)28(3,4)5)27(34)31(25(22)37-23)17-19-10-11-20-12-13-29(6)21(20)16-19/h10-13,16H,9,14-15,17H2,1-8H3. The Morgan fingerprint density at radius 1 is 1.11 bits per heavy atom. The molecule has 38 heavy (non-hydrogen) atoms. The first kappa shape index (κ1) is 28.1. The Morgan fingerprint density at radius 3 is 2.47 bits per heavy atom. The van der Waals surface area contributed by atoms with E-state index in [0.29, 0.717) is 20.7 Å². The molecule has 0 radical (unpaired) electrons.